The molecule has 1 rings (SSSR count). The van der Waals surface area contributed by atoms with Crippen molar-refractivity contribution in [2.24, 2.45) is 0 Å². The van der Waals surface area contributed by atoms with Crippen LogP contribution in [0.2, 0.25) is 0 Å². The van der Waals surface area contributed by atoms with Crippen molar-refractivity contribution in [2.75, 3.05) is 0 Å². The minimum atomic E-state index is -0.892. The number of unbranched alkanes of at least 4 members (excludes halogenated alkanes) is 3. The Morgan fingerprint density at radius 2 is 1.81 bits per heavy atom. The van der Waals surface area contributed by atoms with Crippen LogP contribution in [0.3, 0.4) is 0 Å². The summed E-state index contributed by atoms with van der Waals surface area (Å²) >= 11 is 0. The third-order valence-electron chi connectivity index (χ3n) is 2.09. The Kier molecular flexibility index (Phi) is 5.32. The Labute approximate surface area is 94.9 Å². The molecule has 0 aromatic heterocycles. The fourth-order valence-corrected chi connectivity index (χ4v) is 1.27. The van der Waals surface area contributed by atoms with Crippen LogP contribution < -0.4 is 0 Å². The number of allylic oxidation sites excluding steroid dienone is 1. The van der Waals surface area contributed by atoms with Crippen LogP contribution in [0.4, 0.5) is 0 Å². The molecule has 0 N–H and O–H groups in total. The van der Waals surface area contributed by atoms with E-state index in [0.29, 0.717) is 0 Å². The Balaban J connectivity index is 2.36. The van der Waals surface area contributed by atoms with E-state index in [9.17, 15) is 9.59 Å². The summed E-state index contributed by atoms with van der Waals surface area (Å²) in [4.78, 5) is 22.0. The molecule has 4 nitrogen and oxygen atoms in total. The molecule has 1 heterocycles. The van der Waals surface area contributed by atoms with Gasteiger partial charge in [0.2, 0.25) is 0 Å². The summed E-state index contributed by atoms with van der Waals surface area (Å²) < 4.78 is 9.67. The summed E-state index contributed by atoms with van der Waals surface area (Å²) in [5, 5.41) is 0. The smallest absolute Gasteiger partial charge is 0.334 e. The van der Waals surface area contributed by atoms with Gasteiger partial charge in [-0.1, -0.05) is 25.8 Å². The van der Waals surface area contributed by atoms with Gasteiger partial charge >= 0.3 is 11.9 Å². The van der Waals surface area contributed by atoms with Crippen molar-refractivity contribution in [1.29, 1.82) is 0 Å². The first-order valence-electron chi connectivity index (χ1n) is 5.48. The molecular formula is C12H16O4. The highest BCUT2D eigenvalue weighted by Crippen LogP contribution is 2.06. The predicted molar refractivity (Wildman–Crippen MR) is 58.4 cm³/mol. The molecule has 16 heavy (non-hydrogen) atoms. The lowest BCUT2D eigenvalue weighted by molar-refractivity contribution is -0.169. The number of hydrogen-bond donors (Lipinski definition) is 0. The Bertz CT molecular complexity index is 284. The van der Waals surface area contributed by atoms with Crippen LogP contribution in [0, 0.1) is 0 Å². The zero-order valence-corrected chi connectivity index (χ0v) is 9.35. The lowest BCUT2D eigenvalue weighted by Crippen LogP contribution is -2.17. The molecule has 0 fully saturated rings. The molecule has 0 aromatic carbocycles. The molecule has 0 aliphatic carbocycles. The monoisotopic (exact) mass is 224 g/mol. The topological polar surface area (TPSA) is 52.6 Å². The van der Waals surface area contributed by atoms with Gasteiger partial charge in [-0.2, -0.15) is 0 Å². The van der Waals surface area contributed by atoms with Crippen molar-refractivity contribution in [3.63, 3.8) is 0 Å². The molecule has 1 aliphatic rings. The van der Waals surface area contributed by atoms with Crippen LogP contribution in [0.25, 0.3) is 0 Å². The fraction of sp³-hybridized carbons (Fsp3) is 0.500. The van der Waals surface area contributed by atoms with Gasteiger partial charge in [0.05, 0.1) is 0 Å². The molecule has 88 valence electrons. The van der Waals surface area contributed by atoms with E-state index in [2.05, 4.69) is 6.92 Å². The van der Waals surface area contributed by atoms with Crippen molar-refractivity contribution in [1.82, 2.24) is 0 Å². The Morgan fingerprint density at radius 1 is 1.19 bits per heavy atom. The first-order valence-corrected chi connectivity index (χ1v) is 5.48. The zero-order valence-electron chi connectivity index (χ0n) is 9.35. The number of carbonyl (C=O) groups is 2. The van der Waals surface area contributed by atoms with Gasteiger partial charge in [-0.15, -0.1) is 0 Å². The average Bonchev–Trinajstić information content (AvgIpc) is 2.40. The van der Waals surface area contributed by atoms with Crippen LogP contribution >= 0.6 is 0 Å². The van der Waals surface area contributed by atoms with E-state index < -0.39 is 18.2 Å². The molecule has 0 aromatic rings. The van der Waals surface area contributed by atoms with E-state index in [-0.39, 0.29) is 0 Å². The molecule has 1 aliphatic heterocycles. The van der Waals surface area contributed by atoms with Gasteiger partial charge in [-0.25, -0.2) is 9.59 Å². The fourth-order valence-electron chi connectivity index (χ4n) is 1.27. The molecule has 4 heteroatoms. The third kappa shape index (κ3) is 4.77. The van der Waals surface area contributed by atoms with Crippen LogP contribution in [0.5, 0.6) is 0 Å². The quantitative estimate of drug-likeness (QED) is 0.407. The molecule has 0 spiro atoms. The van der Waals surface area contributed by atoms with Gasteiger partial charge in [-0.3, -0.25) is 0 Å². The number of ether oxygens (including phenoxy) is 2. The highest BCUT2D eigenvalue weighted by Gasteiger charge is 2.17. The zero-order chi connectivity index (χ0) is 11.8. The van der Waals surface area contributed by atoms with Crippen LogP contribution in [-0.2, 0) is 19.1 Å². The SMILES string of the molecule is CCCCC/C=C/C1OC(=O)C=CC(=O)O1. The summed E-state index contributed by atoms with van der Waals surface area (Å²) in [6, 6.07) is 0. The van der Waals surface area contributed by atoms with Gasteiger partial charge in [0.25, 0.3) is 6.29 Å². The molecule has 0 bridgehead atoms. The standard InChI is InChI=1S/C12H16O4/c1-2-3-4-5-6-7-12-15-10(13)8-9-11(14)16-12/h6-9,12H,2-5H2,1H3/b7-6+. The average molecular weight is 224 g/mol. The highest BCUT2D eigenvalue weighted by atomic mass is 16.7. The van der Waals surface area contributed by atoms with Crippen molar-refractivity contribution in [3.05, 3.63) is 24.3 Å². The molecule has 0 amide bonds. The van der Waals surface area contributed by atoms with E-state index in [1.54, 1.807) is 6.08 Å². The van der Waals surface area contributed by atoms with Crippen LogP contribution in [-0.4, -0.2) is 18.2 Å². The number of cyclic esters (lactones) is 2. The Hall–Kier alpha value is -1.58. The molecular weight excluding hydrogens is 208 g/mol. The van der Waals surface area contributed by atoms with Crippen LogP contribution in [0.15, 0.2) is 24.3 Å². The van der Waals surface area contributed by atoms with E-state index >= 15 is 0 Å². The minimum Gasteiger partial charge on any atom is -0.418 e. The maximum absolute atomic E-state index is 11.0. The summed E-state index contributed by atoms with van der Waals surface area (Å²) in [5.74, 6) is -1.12. The third-order valence-corrected chi connectivity index (χ3v) is 2.09. The maximum Gasteiger partial charge on any atom is 0.334 e. The molecule has 0 radical (unpaired) electrons. The van der Waals surface area contributed by atoms with Gasteiger partial charge < -0.3 is 9.47 Å². The summed E-state index contributed by atoms with van der Waals surface area (Å²) in [6.07, 6.45) is 9.00. The maximum atomic E-state index is 11.0. The highest BCUT2D eigenvalue weighted by molar-refractivity contribution is 5.93. The molecule has 0 atom stereocenters. The summed E-state index contributed by atoms with van der Waals surface area (Å²) in [7, 11) is 0. The number of esters is 2. The van der Waals surface area contributed by atoms with E-state index in [0.717, 1.165) is 37.8 Å². The van der Waals surface area contributed by atoms with Crippen molar-refractivity contribution >= 4 is 11.9 Å². The van der Waals surface area contributed by atoms with Gasteiger partial charge in [0.15, 0.2) is 0 Å². The van der Waals surface area contributed by atoms with Gasteiger partial charge in [0, 0.05) is 12.2 Å². The molecule has 0 saturated carbocycles. The van der Waals surface area contributed by atoms with Gasteiger partial charge in [0.1, 0.15) is 0 Å². The summed E-state index contributed by atoms with van der Waals surface area (Å²) in [6.45, 7) is 2.13. The summed E-state index contributed by atoms with van der Waals surface area (Å²) in [5.41, 5.74) is 0. The second kappa shape index (κ2) is 6.82. The number of hydrogen-bond acceptors (Lipinski definition) is 4. The Morgan fingerprint density at radius 3 is 2.38 bits per heavy atom. The minimum absolute atomic E-state index is 0.561. The number of rotatable bonds is 5. The predicted octanol–water partition coefficient (Wildman–Crippen LogP) is 2.11. The van der Waals surface area contributed by atoms with Crippen molar-refractivity contribution in [2.45, 2.75) is 38.9 Å². The van der Waals surface area contributed by atoms with Crippen molar-refractivity contribution in [3.8, 4) is 0 Å². The van der Waals surface area contributed by atoms with E-state index in [1.165, 1.54) is 0 Å². The number of carbonyl (C=O) groups excluding carboxylic acids is 2. The second-order valence-corrected chi connectivity index (χ2v) is 3.50. The lowest BCUT2D eigenvalue weighted by atomic mass is 10.2. The lowest BCUT2D eigenvalue weighted by Gasteiger charge is -2.10. The van der Waals surface area contributed by atoms with E-state index in [4.69, 9.17) is 9.47 Å². The second-order valence-electron chi connectivity index (χ2n) is 3.50. The normalized spacial score (nSPS) is 17.3. The first kappa shape index (κ1) is 12.5. The first-order chi connectivity index (χ1) is 7.72. The molecule has 0 saturated heterocycles. The van der Waals surface area contributed by atoms with Crippen LogP contribution in [0.1, 0.15) is 32.6 Å². The molecule has 0 unspecified atom stereocenters. The van der Waals surface area contributed by atoms with E-state index in [1.807, 2.05) is 6.08 Å². The van der Waals surface area contributed by atoms with Gasteiger partial charge in [-0.05, 0) is 18.9 Å². The van der Waals surface area contributed by atoms with Crippen molar-refractivity contribution < 1.29 is 19.1 Å². The largest absolute Gasteiger partial charge is 0.418 e.